The van der Waals surface area contributed by atoms with Crippen LogP contribution in [-0.4, -0.2) is 35.8 Å². The van der Waals surface area contributed by atoms with Crippen molar-refractivity contribution in [1.82, 2.24) is 0 Å². The fourth-order valence-electron chi connectivity index (χ4n) is 2.18. The lowest BCUT2D eigenvalue weighted by atomic mass is 9.96. The van der Waals surface area contributed by atoms with Gasteiger partial charge in [-0.15, -0.1) is 0 Å². The van der Waals surface area contributed by atoms with E-state index in [0.29, 0.717) is 17.1 Å². The summed E-state index contributed by atoms with van der Waals surface area (Å²) in [6, 6.07) is 1.59. The Balaban J connectivity index is 2.59. The molecule has 1 aliphatic rings. The fourth-order valence-corrected chi connectivity index (χ4v) is 2.18. The Morgan fingerprint density at radius 1 is 1.56 bits per heavy atom. The summed E-state index contributed by atoms with van der Waals surface area (Å²) in [5.74, 6) is 0.468. The summed E-state index contributed by atoms with van der Waals surface area (Å²) in [5, 5.41) is 19.1. The van der Waals surface area contributed by atoms with Gasteiger partial charge in [0.2, 0.25) is 0 Å². The van der Waals surface area contributed by atoms with Gasteiger partial charge in [-0.1, -0.05) is 0 Å². The molecular weight excluding hydrogens is 236 g/mol. The van der Waals surface area contributed by atoms with E-state index in [9.17, 15) is 9.90 Å². The van der Waals surface area contributed by atoms with E-state index in [2.05, 4.69) is 0 Å². The number of benzene rings is 1. The number of carbonyl (C=O) groups is 1. The predicted molar refractivity (Wildman–Crippen MR) is 64.5 cm³/mol. The topological polar surface area (TPSA) is 76.0 Å². The van der Waals surface area contributed by atoms with Gasteiger partial charge in [0.25, 0.3) is 0 Å². The summed E-state index contributed by atoms with van der Waals surface area (Å²) in [7, 11) is 1.47. The number of Topliss-reactive ketones (excluding diaryl/α,β-unsaturated/α-hetero) is 1. The third-order valence-corrected chi connectivity index (χ3v) is 2.99. The molecule has 0 unspecified atom stereocenters. The zero-order chi connectivity index (χ0) is 13.3. The van der Waals surface area contributed by atoms with Crippen molar-refractivity contribution in [2.24, 2.45) is 0 Å². The van der Waals surface area contributed by atoms with E-state index in [0.717, 1.165) is 0 Å². The molecule has 2 rings (SSSR count). The predicted octanol–water partition coefficient (Wildman–Crippen LogP) is 1.29. The van der Waals surface area contributed by atoms with Crippen molar-refractivity contribution >= 4 is 5.78 Å². The molecule has 2 N–H and O–H groups in total. The third kappa shape index (κ3) is 2.01. The van der Waals surface area contributed by atoms with Crippen LogP contribution in [0.15, 0.2) is 6.07 Å². The minimum Gasteiger partial charge on any atom is -0.507 e. The highest BCUT2D eigenvalue weighted by Gasteiger charge is 2.30. The molecule has 98 valence electrons. The molecule has 1 aromatic carbocycles. The zero-order valence-corrected chi connectivity index (χ0v) is 10.4. The summed E-state index contributed by atoms with van der Waals surface area (Å²) >= 11 is 0. The maximum atomic E-state index is 11.9. The maximum absolute atomic E-state index is 11.9. The number of carbonyl (C=O) groups excluding carboxylic acids is 1. The van der Waals surface area contributed by atoms with Crippen LogP contribution in [0.2, 0.25) is 0 Å². The molecule has 0 spiro atoms. The van der Waals surface area contributed by atoms with Gasteiger partial charge < -0.3 is 19.7 Å². The van der Waals surface area contributed by atoms with Crippen molar-refractivity contribution in [2.75, 3.05) is 13.7 Å². The molecule has 1 atom stereocenters. The molecule has 1 heterocycles. The van der Waals surface area contributed by atoms with E-state index < -0.39 is 0 Å². The largest absolute Gasteiger partial charge is 0.507 e. The minimum atomic E-state index is -0.210. The molecule has 1 aromatic rings. The number of phenols is 1. The standard InChI is InChI=1S/C13H16O5/c1-7-5-9(15)12-11(18-7)6-10(17-2)8(3-4-14)13(12)16/h6-7,14,16H,3-5H2,1-2H3/t7-/m1/s1. The summed E-state index contributed by atoms with van der Waals surface area (Å²) in [5.41, 5.74) is 0.627. The number of hydrogen-bond donors (Lipinski definition) is 2. The Labute approximate surface area is 105 Å². The van der Waals surface area contributed by atoms with Crippen LogP contribution < -0.4 is 9.47 Å². The number of rotatable bonds is 3. The van der Waals surface area contributed by atoms with Gasteiger partial charge in [-0.3, -0.25) is 4.79 Å². The summed E-state index contributed by atoms with van der Waals surface area (Å²) in [6.07, 6.45) is 0.258. The molecule has 5 heteroatoms. The Morgan fingerprint density at radius 3 is 2.89 bits per heavy atom. The normalized spacial score (nSPS) is 18.2. The lowest BCUT2D eigenvalue weighted by Gasteiger charge is -2.25. The average Bonchev–Trinajstić information content (AvgIpc) is 2.31. The van der Waals surface area contributed by atoms with Crippen LogP contribution in [0.1, 0.15) is 29.3 Å². The van der Waals surface area contributed by atoms with Gasteiger partial charge >= 0.3 is 0 Å². The lowest BCUT2D eigenvalue weighted by Crippen LogP contribution is -2.24. The van der Waals surface area contributed by atoms with Gasteiger partial charge in [0, 0.05) is 31.1 Å². The Morgan fingerprint density at radius 2 is 2.28 bits per heavy atom. The first-order valence-electron chi connectivity index (χ1n) is 5.82. The first kappa shape index (κ1) is 12.7. The smallest absolute Gasteiger partial charge is 0.174 e. The number of hydrogen-bond acceptors (Lipinski definition) is 5. The number of aliphatic hydroxyl groups is 1. The van der Waals surface area contributed by atoms with Crippen LogP contribution in [0.3, 0.4) is 0 Å². The van der Waals surface area contributed by atoms with Crippen molar-refractivity contribution in [3.8, 4) is 17.2 Å². The second-order valence-corrected chi connectivity index (χ2v) is 4.31. The highest BCUT2D eigenvalue weighted by atomic mass is 16.5. The van der Waals surface area contributed by atoms with E-state index in [1.54, 1.807) is 13.0 Å². The first-order chi connectivity index (χ1) is 8.58. The molecule has 18 heavy (non-hydrogen) atoms. The number of aromatic hydroxyl groups is 1. The summed E-state index contributed by atoms with van der Waals surface area (Å²) < 4.78 is 10.7. The number of fused-ring (bicyclic) bond motifs is 1. The molecule has 0 aromatic heterocycles. The summed E-state index contributed by atoms with van der Waals surface area (Å²) in [6.45, 7) is 1.67. The highest BCUT2D eigenvalue weighted by Crippen LogP contribution is 2.42. The molecule has 0 saturated carbocycles. The van der Waals surface area contributed by atoms with Crippen LogP contribution in [0.5, 0.6) is 17.2 Å². The van der Waals surface area contributed by atoms with E-state index >= 15 is 0 Å². The quantitative estimate of drug-likeness (QED) is 0.847. The summed E-state index contributed by atoms with van der Waals surface area (Å²) in [4.78, 5) is 11.9. The molecule has 5 nitrogen and oxygen atoms in total. The second-order valence-electron chi connectivity index (χ2n) is 4.31. The van der Waals surface area contributed by atoms with Crippen LogP contribution in [0.25, 0.3) is 0 Å². The molecule has 1 aliphatic heterocycles. The number of ketones is 1. The monoisotopic (exact) mass is 252 g/mol. The Bertz CT molecular complexity index is 481. The molecule has 0 bridgehead atoms. The fraction of sp³-hybridized carbons (Fsp3) is 0.462. The molecule has 0 aliphatic carbocycles. The van der Waals surface area contributed by atoms with E-state index in [1.165, 1.54) is 7.11 Å². The third-order valence-electron chi connectivity index (χ3n) is 2.99. The lowest BCUT2D eigenvalue weighted by molar-refractivity contribution is 0.0865. The maximum Gasteiger partial charge on any atom is 0.174 e. The molecule has 0 amide bonds. The van der Waals surface area contributed by atoms with Crippen molar-refractivity contribution in [1.29, 1.82) is 0 Å². The first-order valence-corrected chi connectivity index (χ1v) is 5.82. The Hall–Kier alpha value is -1.75. The van der Waals surface area contributed by atoms with E-state index in [4.69, 9.17) is 14.6 Å². The van der Waals surface area contributed by atoms with Gasteiger partial charge in [0.1, 0.15) is 28.9 Å². The molecular formula is C13H16O5. The molecule has 0 radical (unpaired) electrons. The SMILES string of the molecule is COc1cc2c(c(O)c1CCO)C(=O)C[C@@H](C)O2. The van der Waals surface area contributed by atoms with Crippen molar-refractivity contribution in [3.05, 3.63) is 17.2 Å². The number of methoxy groups -OCH3 is 1. The van der Waals surface area contributed by atoms with Crippen LogP contribution in [-0.2, 0) is 6.42 Å². The molecule has 0 fully saturated rings. The second kappa shape index (κ2) is 4.86. The van der Waals surface area contributed by atoms with Crippen molar-refractivity contribution < 1.29 is 24.5 Å². The van der Waals surface area contributed by atoms with Crippen LogP contribution in [0, 0.1) is 0 Å². The van der Waals surface area contributed by atoms with Gasteiger partial charge in [-0.05, 0) is 6.92 Å². The zero-order valence-electron chi connectivity index (χ0n) is 10.4. The molecule has 0 saturated heterocycles. The van der Waals surface area contributed by atoms with Crippen molar-refractivity contribution in [2.45, 2.75) is 25.9 Å². The minimum absolute atomic E-state index is 0.131. The van der Waals surface area contributed by atoms with Gasteiger partial charge in [0.15, 0.2) is 5.78 Å². The van der Waals surface area contributed by atoms with Gasteiger partial charge in [0.05, 0.1) is 7.11 Å². The van der Waals surface area contributed by atoms with Gasteiger partial charge in [-0.2, -0.15) is 0 Å². The van der Waals surface area contributed by atoms with E-state index in [-0.39, 0.29) is 42.6 Å². The Kier molecular flexibility index (Phi) is 3.43. The highest BCUT2D eigenvalue weighted by molar-refractivity contribution is 6.03. The van der Waals surface area contributed by atoms with E-state index in [1.807, 2.05) is 0 Å². The van der Waals surface area contributed by atoms with Crippen LogP contribution in [0.4, 0.5) is 0 Å². The van der Waals surface area contributed by atoms with Crippen molar-refractivity contribution in [3.63, 3.8) is 0 Å². The number of ether oxygens (including phenoxy) is 2. The average molecular weight is 252 g/mol. The van der Waals surface area contributed by atoms with Crippen LogP contribution >= 0.6 is 0 Å². The number of phenolic OH excluding ortho intramolecular Hbond substituents is 1. The van der Waals surface area contributed by atoms with Gasteiger partial charge in [-0.25, -0.2) is 0 Å². The number of aliphatic hydroxyl groups excluding tert-OH is 1.